The van der Waals surface area contributed by atoms with E-state index in [9.17, 15) is 4.79 Å². The molecular weight excluding hydrogens is 258 g/mol. The Balaban J connectivity index is 1.59. The average Bonchev–Trinajstić information content (AvgIpc) is 2.56. The van der Waals surface area contributed by atoms with Crippen molar-refractivity contribution in [2.24, 2.45) is 5.92 Å². The molecule has 1 atom stereocenters. The molecule has 108 valence electrons. The molecule has 1 aliphatic rings. The van der Waals surface area contributed by atoms with Crippen LogP contribution in [0.5, 0.6) is 0 Å². The SMILES string of the molecule is O=C(NCCc1cccc2ccccc12)[C@H]1CC=CCC1. The maximum atomic E-state index is 12.1. The van der Waals surface area contributed by atoms with Gasteiger partial charge in [0.05, 0.1) is 0 Å². The van der Waals surface area contributed by atoms with Gasteiger partial charge >= 0.3 is 0 Å². The summed E-state index contributed by atoms with van der Waals surface area (Å²) >= 11 is 0. The number of carbonyl (C=O) groups is 1. The first-order valence-corrected chi connectivity index (χ1v) is 7.74. The number of allylic oxidation sites excluding steroid dienone is 2. The van der Waals surface area contributed by atoms with Crippen molar-refractivity contribution in [3.8, 4) is 0 Å². The van der Waals surface area contributed by atoms with Crippen LogP contribution in [0.15, 0.2) is 54.6 Å². The summed E-state index contributed by atoms with van der Waals surface area (Å²) in [6.07, 6.45) is 8.08. The van der Waals surface area contributed by atoms with E-state index in [1.54, 1.807) is 0 Å². The molecule has 2 nitrogen and oxygen atoms in total. The number of amides is 1. The van der Waals surface area contributed by atoms with Crippen LogP contribution in [0.3, 0.4) is 0 Å². The Hall–Kier alpha value is -2.09. The normalized spacial score (nSPS) is 17.8. The van der Waals surface area contributed by atoms with Gasteiger partial charge in [-0.05, 0) is 42.0 Å². The van der Waals surface area contributed by atoms with Gasteiger partial charge < -0.3 is 5.32 Å². The number of rotatable bonds is 4. The van der Waals surface area contributed by atoms with Crippen LogP contribution in [-0.4, -0.2) is 12.5 Å². The number of nitrogens with one attached hydrogen (secondary N) is 1. The topological polar surface area (TPSA) is 29.1 Å². The van der Waals surface area contributed by atoms with Gasteiger partial charge in [0.15, 0.2) is 0 Å². The van der Waals surface area contributed by atoms with Gasteiger partial charge in [0.25, 0.3) is 0 Å². The molecule has 1 aliphatic carbocycles. The zero-order valence-corrected chi connectivity index (χ0v) is 12.2. The Morgan fingerprint density at radius 2 is 1.95 bits per heavy atom. The van der Waals surface area contributed by atoms with Gasteiger partial charge in [0.2, 0.25) is 5.91 Å². The van der Waals surface area contributed by atoms with E-state index >= 15 is 0 Å². The van der Waals surface area contributed by atoms with Crippen molar-refractivity contribution in [3.05, 3.63) is 60.2 Å². The predicted octanol–water partition coefficient (Wildman–Crippen LogP) is 3.85. The molecule has 0 spiro atoms. The summed E-state index contributed by atoms with van der Waals surface area (Å²) in [5, 5.41) is 5.64. The molecule has 0 bridgehead atoms. The highest BCUT2D eigenvalue weighted by Crippen LogP contribution is 2.20. The van der Waals surface area contributed by atoms with Crippen molar-refractivity contribution in [2.45, 2.75) is 25.7 Å². The molecule has 0 aliphatic heterocycles. The molecule has 0 aromatic heterocycles. The fourth-order valence-corrected chi connectivity index (χ4v) is 3.01. The lowest BCUT2D eigenvalue weighted by Crippen LogP contribution is -2.32. The van der Waals surface area contributed by atoms with Crippen LogP contribution in [0, 0.1) is 5.92 Å². The molecule has 0 saturated carbocycles. The molecule has 0 unspecified atom stereocenters. The van der Waals surface area contributed by atoms with Crippen molar-refractivity contribution in [1.82, 2.24) is 5.32 Å². The Morgan fingerprint density at radius 1 is 1.10 bits per heavy atom. The van der Waals surface area contributed by atoms with Gasteiger partial charge in [-0.15, -0.1) is 0 Å². The zero-order valence-electron chi connectivity index (χ0n) is 12.2. The standard InChI is InChI=1S/C19H21NO/c21-19(17-8-2-1-3-9-17)20-14-13-16-11-6-10-15-7-4-5-12-18(15)16/h1-2,4-7,10-12,17H,3,8-9,13-14H2,(H,20,21)/t17-/m0/s1. The lowest BCUT2D eigenvalue weighted by molar-refractivity contribution is -0.125. The third kappa shape index (κ3) is 3.33. The Morgan fingerprint density at radius 3 is 2.81 bits per heavy atom. The molecule has 2 heteroatoms. The van der Waals surface area contributed by atoms with E-state index in [2.05, 4.69) is 59.9 Å². The number of hydrogen-bond donors (Lipinski definition) is 1. The van der Waals surface area contributed by atoms with E-state index in [-0.39, 0.29) is 11.8 Å². The molecule has 0 radical (unpaired) electrons. The van der Waals surface area contributed by atoms with Gasteiger partial charge in [-0.3, -0.25) is 4.79 Å². The van der Waals surface area contributed by atoms with E-state index in [0.717, 1.165) is 25.7 Å². The fourth-order valence-electron chi connectivity index (χ4n) is 3.01. The molecule has 3 rings (SSSR count). The van der Waals surface area contributed by atoms with Gasteiger partial charge in [-0.2, -0.15) is 0 Å². The summed E-state index contributed by atoms with van der Waals surface area (Å²) in [4.78, 5) is 12.1. The van der Waals surface area contributed by atoms with Gasteiger partial charge in [0.1, 0.15) is 0 Å². The summed E-state index contributed by atoms with van der Waals surface area (Å²) < 4.78 is 0. The predicted molar refractivity (Wildman–Crippen MR) is 87.1 cm³/mol. The van der Waals surface area contributed by atoms with Crippen molar-refractivity contribution >= 4 is 16.7 Å². The summed E-state index contributed by atoms with van der Waals surface area (Å²) in [6.45, 7) is 0.715. The second-order valence-electron chi connectivity index (χ2n) is 5.66. The lowest BCUT2D eigenvalue weighted by Gasteiger charge is -2.17. The Labute approximate surface area is 125 Å². The van der Waals surface area contributed by atoms with Crippen molar-refractivity contribution in [2.75, 3.05) is 6.54 Å². The van der Waals surface area contributed by atoms with Gasteiger partial charge in [-0.1, -0.05) is 54.6 Å². The molecule has 2 aromatic rings. The minimum absolute atomic E-state index is 0.169. The Bertz CT molecular complexity index is 654. The first-order valence-electron chi connectivity index (χ1n) is 7.74. The first kappa shape index (κ1) is 13.9. The maximum absolute atomic E-state index is 12.1. The van der Waals surface area contributed by atoms with Crippen LogP contribution in [0.25, 0.3) is 10.8 Å². The quantitative estimate of drug-likeness (QED) is 0.846. The van der Waals surface area contributed by atoms with E-state index < -0.39 is 0 Å². The smallest absolute Gasteiger partial charge is 0.223 e. The average molecular weight is 279 g/mol. The van der Waals surface area contributed by atoms with Gasteiger partial charge in [0, 0.05) is 12.5 Å². The first-order chi connectivity index (χ1) is 10.3. The lowest BCUT2D eigenvalue weighted by atomic mass is 9.93. The maximum Gasteiger partial charge on any atom is 0.223 e. The summed E-state index contributed by atoms with van der Waals surface area (Å²) in [5.74, 6) is 0.377. The van der Waals surface area contributed by atoms with E-state index in [1.807, 2.05) is 0 Å². The third-order valence-corrected chi connectivity index (χ3v) is 4.21. The minimum atomic E-state index is 0.169. The van der Waals surface area contributed by atoms with Crippen LogP contribution in [0.2, 0.25) is 0 Å². The van der Waals surface area contributed by atoms with E-state index in [0.29, 0.717) is 6.54 Å². The number of benzene rings is 2. The van der Waals surface area contributed by atoms with Crippen LogP contribution in [0.1, 0.15) is 24.8 Å². The van der Waals surface area contributed by atoms with Crippen molar-refractivity contribution < 1.29 is 4.79 Å². The van der Waals surface area contributed by atoms with Crippen molar-refractivity contribution in [1.29, 1.82) is 0 Å². The van der Waals surface area contributed by atoms with Gasteiger partial charge in [-0.25, -0.2) is 0 Å². The van der Waals surface area contributed by atoms with E-state index in [4.69, 9.17) is 0 Å². The summed E-state index contributed by atoms with van der Waals surface area (Å²) in [5.41, 5.74) is 1.30. The second kappa shape index (κ2) is 6.57. The molecule has 0 heterocycles. The monoisotopic (exact) mass is 279 g/mol. The highest BCUT2D eigenvalue weighted by Gasteiger charge is 2.17. The number of hydrogen-bond acceptors (Lipinski definition) is 1. The molecule has 0 saturated heterocycles. The third-order valence-electron chi connectivity index (χ3n) is 4.21. The second-order valence-corrected chi connectivity index (χ2v) is 5.66. The molecule has 1 N–H and O–H groups in total. The number of fused-ring (bicyclic) bond motifs is 1. The largest absolute Gasteiger partial charge is 0.356 e. The summed E-state index contributed by atoms with van der Waals surface area (Å²) in [6, 6.07) is 14.8. The molecule has 2 aromatic carbocycles. The molecule has 21 heavy (non-hydrogen) atoms. The Kier molecular flexibility index (Phi) is 4.34. The van der Waals surface area contributed by atoms with Crippen molar-refractivity contribution in [3.63, 3.8) is 0 Å². The summed E-state index contributed by atoms with van der Waals surface area (Å²) in [7, 11) is 0. The van der Waals surface area contributed by atoms with Crippen LogP contribution >= 0.6 is 0 Å². The van der Waals surface area contributed by atoms with Crippen LogP contribution in [0.4, 0.5) is 0 Å². The molecule has 1 amide bonds. The van der Waals surface area contributed by atoms with E-state index in [1.165, 1.54) is 16.3 Å². The molecule has 0 fully saturated rings. The minimum Gasteiger partial charge on any atom is -0.356 e. The molecular formula is C19H21NO. The zero-order chi connectivity index (χ0) is 14.5. The van der Waals surface area contributed by atoms with Crippen LogP contribution < -0.4 is 5.32 Å². The fraction of sp³-hybridized carbons (Fsp3) is 0.316. The van der Waals surface area contributed by atoms with Crippen LogP contribution in [-0.2, 0) is 11.2 Å². The highest BCUT2D eigenvalue weighted by molar-refractivity contribution is 5.85. The number of carbonyl (C=O) groups excluding carboxylic acids is 1. The highest BCUT2D eigenvalue weighted by atomic mass is 16.1.